The van der Waals surface area contributed by atoms with E-state index >= 15 is 0 Å². The lowest BCUT2D eigenvalue weighted by Crippen LogP contribution is -2.48. The largest absolute Gasteiger partial charge is 0.396 e. The summed E-state index contributed by atoms with van der Waals surface area (Å²) in [7, 11) is 0. The lowest BCUT2D eigenvalue weighted by Gasteiger charge is -2.34. The number of anilines is 2. The normalized spacial score (nSPS) is 16.9. The van der Waals surface area contributed by atoms with Crippen molar-refractivity contribution < 1.29 is 9.18 Å². The van der Waals surface area contributed by atoms with Crippen molar-refractivity contribution in [2.45, 2.75) is 13.3 Å². The SMILES string of the molecule is CCCN1CCN(CC(=O)Nc2ccc(F)c(N)c2)CC1. The minimum atomic E-state index is -0.472. The molecule has 1 saturated heterocycles. The Morgan fingerprint density at radius 1 is 1.29 bits per heavy atom. The number of carbonyl (C=O) groups excluding carboxylic acids is 1. The molecular formula is C15H23FN4O. The van der Waals surface area contributed by atoms with Crippen LogP contribution in [0.1, 0.15) is 13.3 Å². The van der Waals surface area contributed by atoms with Crippen LogP contribution in [-0.4, -0.2) is 55.0 Å². The van der Waals surface area contributed by atoms with Gasteiger partial charge in [-0.1, -0.05) is 6.92 Å². The van der Waals surface area contributed by atoms with Gasteiger partial charge in [-0.15, -0.1) is 0 Å². The lowest BCUT2D eigenvalue weighted by molar-refractivity contribution is -0.117. The van der Waals surface area contributed by atoms with Crippen LogP contribution in [-0.2, 0) is 4.79 Å². The first kappa shape index (κ1) is 15.7. The highest BCUT2D eigenvalue weighted by Gasteiger charge is 2.18. The van der Waals surface area contributed by atoms with Crippen molar-refractivity contribution in [2.75, 3.05) is 50.3 Å². The summed E-state index contributed by atoms with van der Waals surface area (Å²) in [5.41, 5.74) is 6.06. The molecule has 0 unspecified atom stereocenters. The Balaban J connectivity index is 1.78. The van der Waals surface area contributed by atoms with E-state index in [-0.39, 0.29) is 11.6 Å². The van der Waals surface area contributed by atoms with E-state index in [2.05, 4.69) is 22.0 Å². The Morgan fingerprint density at radius 3 is 2.57 bits per heavy atom. The van der Waals surface area contributed by atoms with Crippen LogP contribution in [0.4, 0.5) is 15.8 Å². The van der Waals surface area contributed by atoms with Gasteiger partial charge in [0.2, 0.25) is 5.91 Å². The minimum Gasteiger partial charge on any atom is -0.396 e. The summed E-state index contributed by atoms with van der Waals surface area (Å²) in [6.07, 6.45) is 1.16. The topological polar surface area (TPSA) is 61.6 Å². The maximum Gasteiger partial charge on any atom is 0.238 e. The van der Waals surface area contributed by atoms with Crippen LogP contribution in [0.2, 0.25) is 0 Å². The molecule has 0 saturated carbocycles. The van der Waals surface area contributed by atoms with E-state index in [1.807, 2.05) is 0 Å². The molecule has 1 heterocycles. The van der Waals surface area contributed by atoms with Gasteiger partial charge in [-0.05, 0) is 31.2 Å². The van der Waals surface area contributed by atoms with Crippen molar-refractivity contribution in [1.82, 2.24) is 9.80 Å². The van der Waals surface area contributed by atoms with Gasteiger partial charge in [0, 0.05) is 31.9 Å². The molecule has 0 radical (unpaired) electrons. The molecule has 1 fully saturated rings. The number of rotatable bonds is 5. The van der Waals surface area contributed by atoms with Crippen molar-refractivity contribution >= 4 is 17.3 Å². The smallest absolute Gasteiger partial charge is 0.238 e. The number of piperazine rings is 1. The summed E-state index contributed by atoms with van der Waals surface area (Å²) < 4.78 is 13.1. The Kier molecular flexibility index (Phi) is 5.52. The summed E-state index contributed by atoms with van der Waals surface area (Å²) in [5.74, 6) is -0.565. The number of nitrogens with zero attached hydrogens (tertiary/aromatic N) is 2. The number of benzene rings is 1. The molecule has 21 heavy (non-hydrogen) atoms. The molecule has 1 aliphatic rings. The molecule has 0 spiro atoms. The van der Waals surface area contributed by atoms with E-state index in [0.29, 0.717) is 12.2 Å². The first-order valence-corrected chi connectivity index (χ1v) is 7.38. The average Bonchev–Trinajstić information content (AvgIpc) is 2.45. The maximum atomic E-state index is 13.1. The molecule has 2 rings (SSSR count). The zero-order valence-corrected chi connectivity index (χ0v) is 12.4. The molecule has 0 bridgehead atoms. The molecule has 1 amide bonds. The highest BCUT2D eigenvalue weighted by atomic mass is 19.1. The van der Waals surface area contributed by atoms with E-state index in [1.165, 1.54) is 18.2 Å². The Morgan fingerprint density at radius 2 is 1.95 bits per heavy atom. The monoisotopic (exact) mass is 294 g/mol. The number of nitrogens with two attached hydrogens (primary N) is 1. The average molecular weight is 294 g/mol. The molecule has 6 heteroatoms. The van der Waals surface area contributed by atoms with Crippen molar-refractivity contribution in [3.05, 3.63) is 24.0 Å². The van der Waals surface area contributed by atoms with E-state index in [1.54, 1.807) is 0 Å². The summed E-state index contributed by atoms with van der Waals surface area (Å²) >= 11 is 0. The number of carbonyl (C=O) groups is 1. The first-order chi connectivity index (χ1) is 10.1. The van der Waals surface area contributed by atoms with Crippen LogP contribution in [0.3, 0.4) is 0 Å². The van der Waals surface area contributed by atoms with E-state index in [0.717, 1.165) is 39.1 Å². The van der Waals surface area contributed by atoms with Gasteiger partial charge in [-0.2, -0.15) is 0 Å². The highest BCUT2D eigenvalue weighted by Crippen LogP contribution is 2.16. The third-order valence-electron chi connectivity index (χ3n) is 3.65. The molecule has 0 atom stereocenters. The van der Waals surface area contributed by atoms with Crippen LogP contribution in [0.5, 0.6) is 0 Å². The summed E-state index contributed by atoms with van der Waals surface area (Å²) in [5, 5.41) is 2.75. The Labute approximate surface area is 124 Å². The van der Waals surface area contributed by atoms with Gasteiger partial charge in [-0.25, -0.2) is 4.39 Å². The van der Waals surface area contributed by atoms with Crippen LogP contribution in [0.25, 0.3) is 0 Å². The fourth-order valence-electron chi connectivity index (χ4n) is 2.51. The molecule has 0 aliphatic carbocycles. The van der Waals surface area contributed by atoms with Gasteiger partial charge in [0.15, 0.2) is 0 Å². The molecule has 1 aromatic rings. The van der Waals surface area contributed by atoms with Crippen LogP contribution in [0.15, 0.2) is 18.2 Å². The molecule has 5 nitrogen and oxygen atoms in total. The van der Waals surface area contributed by atoms with Crippen LogP contribution in [0, 0.1) is 5.82 Å². The number of nitrogen functional groups attached to an aromatic ring is 1. The fourth-order valence-corrected chi connectivity index (χ4v) is 2.51. The zero-order chi connectivity index (χ0) is 15.2. The first-order valence-electron chi connectivity index (χ1n) is 7.38. The zero-order valence-electron chi connectivity index (χ0n) is 12.4. The predicted octanol–water partition coefficient (Wildman–Crippen LogP) is 1.37. The van der Waals surface area contributed by atoms with Gasteiger partial charge in [0.05, 0.1) is 12.2 Å². The summed E-state index contributed by atoms with van der Waals surface area (Å²) in [6, 6.07) is 4.21. The van der Waals surface area contributed by atoms with Gasteiger partial charge >= 0.3 is 0 Å². The number of hydrogen-bond acceptors (Lipinski definition) is 4. The molecule has 0 aromatic heterocycles. The molecule has 116 valence electrons. The minimum absolute atomic E-state index is 0.0426. The standard InChI is InChI=1S/C15H23FN4O/c1-2-5-19-6-8-20(9-7-19)11-15(21)18-12-3-4-13(16)14(17)10-12/h3-4,10H,2,5-9,11,17H2,1H3,(H,18,21). The van der Waals surface area contributed by atoms with E-state index in [9.17, 15) is 9.18 Å². The van der Waals surface area contributed by atoms with Gasteiger partial charge < -0.3 is 16.0 Å². The van der Waals surface area contributed by atoms with Crippen molar-refractivity contribution in [2.24, 2.45) is 0 Å². The second-order valence-electron chi connectivity index (χ2n) is 5.40. The Bertz CT molecular complexity index is 487. The van der Waals surface area contributed by atoms with Crippen LogP contribution < -0.4 is 11.1 Å². The Hall–Kier alpha value is -1.66. The van der Waals surface area contributed by atoms with Gasteiger partial charge in [-0.3, -0.25) is 9.69 Å². The number of nitrogens with one attached hydrogen (secondary N) is 1. The predicted molar refractivity (Wildman–Crippen MR) is 82.6 cm³/mol. The highest BCUT2D eigenvalue weighted by molar-refractivity contribution is 5.92. The third kappa shape index (κ3) is 4.68. The number of amides is 1. The van der Waals surface area contributed by atoms with E-state index < -0.39 is 5.82 Å². The van der Waals surface area contributed by atoms with Crippen molar-refractivity contribution in [1.29, 1.82) is 0 Å². The van der Waals surface area contributed by atoms with Crippen molar-refractivity contribution in [3.63, 3.8) is 0 Å². The number of halogens is 1. The van der Waals surface area contributed by atoms with E-state index in [4.69, 9.17) is 5.73 Å². The molecular weight excluding hydrogens is 271 g/mol. The summed E-state index contributed by atoms with van der Waals surface area (Å²) in [4.78, 5) is 16.5. The quantitative estimate of drug-likeness (QED) is 0.805. The van der Waals surface area contributed by atoms with Gasteiger partial charge in [0.1, 0.15) is 5.82 Å². The van der Waals surface area contributed by atoms with Crippen LogP contribution >= 0.6 is 0 Å². The number of hydrogen-bond donors (Lipinski definition) is 2. The van der Waals surface area contributed by atoms with Gasteiger partial charge in [0.25, 0.3) is 0 Å². The summed E-state index contributed by atoms with van der Waals surface area (Å²) in [6.45, 7) is 7.47. The molecule has 1 aliphatic heterocycles. The molecule has 1 aromatic carbocycles. The second-order valence-corrected chi connectivity index (χ2v) is 5.40. The lowest BCUT2D eigenvalue weighted by atomic mass is 10.2. The van der Waals surface area contributed by atoms with Crippen molar-refractivity contribution in [3.8, 4) is 0 Å². The molecule has 3 N–H and O–H groups in total. The maximum absolute atomic E-state index is 13.1. The third-order valence-corrected chi connectivity index (χ3v) is 3.65. The fraction of sp³-hybridized carbons (Fsp3) is 0.533. The second kappa shape index (κ2) is 7.38.